The Morgan fingerprint density at radius 2 is 2.04 bits per heavy atom. The molecule has 3 atom stereocenters. The minimum Gasteiger partial charge on any atom is -0.389 e. The number of rotatable bonds is 7. The van der Waals surface area contributed by atoms with Crippen molar-refractivity contribution in [2.45, 2.75) is 25.2 Å². The summed E-state index contributed by atoms with van der Waals surface area (Å²) >= 11 is 3.51. The van der Waals surface area contributed by atoms with Crippen LogP contribution in [-0.2, 0) is 9.47 Å². The van der Waals surface area contributed by atoms with E-state index >= 15 is 0 Å². The lowest BCUT2D eigenvalue weighted by atomic mass is 10.1. The number of nitrogens with zero attached hydrogens (tertiary/aromatic N) is 1. The maximum atomic E-state index is 10.4. The van der Waals surface area contributed by atoms with Gasteiger partial charge in [-0.3, -0.25) is 4.90 Å². The fourth-order valence-corrected chi connectivity index (χ4v) is 3.62. The summed E-state index contributed by atoms with van der Waals surface area (Å²) in [6, 6.07) is 18.3. The van der Waals surface area contributed by atoms with E-state index in [1.54, 1.807) is 0 Å². The number of β-amino-alcohol motifs (C(OH)–C–C–N with tert-alkyl or cyclic N) is 1. The first-order valence-corrected chi connectivity index (χ1v) is 9.85. The lowest BCUT2D eigenvalue weighted by Gasteiger charge is -2.34. The van der Waals surface area contributed by atoms with Gasteiger partial charge < -0.3 is 14.6 Å². The highest BCUT2D eigenvalue weighted by atomic mass is 79.9. The van der Waals surface area contributed by atoms with Gasteiger partial charge in [0, 0.05) is 24.1 Å². The largest absolute Gasteiger partial charge is 0.389 e. The van der Waals surface area contributed by atoms with E-state index < -0.39 is 6.10 Å². The van der Waals surface area contributed by atoms with Crippen LogP contribution >= 0.6 is 15.9 Å². The predicted octanol–water partition coefficient (Wildman–Crippen LogP) is 3.96. The number of hydrogen-bond donors (Lipinski definition) is 1. The summed E-state index contributed by atoms with van der Waals surface area (Å²) < 4.78 is 12.8. The van der Waals surface area contributed by atoms with Crippen LogP contribution in [0.2, 0.25) is 0 Å². The third-order valence-corrected chi connectivity index (χ3v) is 5.14. The van der Waals surface area contributed by atoms with Gasteiger partial charge in [-0.1, -0.05) is 58.4 Å². The second kappa shape index (κ2) is 9.62. The van der Waals surface area contributed by atoms with Crippen LogP contribution in [0.3, 0.4) is 0 Å². The van der Waals surface area contributed by atoms with E-state index in [9.17, 15) is 5.11 Å². The van der Waals surface area contributed by atoms with Gasteiger partial charge in [0.2, 0.25) is 0 Å². The molecule has 0 aromatic heterocycles. The van der Waals surface area contributed by atoms with Crippen molar-refractivity contribution in [2.24, 2.45) is 0 Å². The third-order valence-electron chi connectivity index (χ3n) is 4.65. The van der Waals surface area contributed by atoms with Crippen molar-refractivity contribution in [3.8, 4) is 0 Å². The Bertz CT molecular complexity index is 682. The Balaban J connectivity index is 1.47. The Kier molecular flexibility index (Phi) is 7.23. The maximum Gasteiger partial charge on any atom is 0.0952 e. The average Bonchev–Trinajstić information content (AvgIpc) is 2.67. The van der Waals surface area contributed by atoms with Gasteiger partial charge in [-0.2, -0.15) is 0 Å². The Morgan fingerprint density at radius 1 is 1.23 bits per heavy atom. The molecule has 0 aliphatic carbocycles. The van der Waals surface area contributed by atoms with Crippen LogP contribution in [0.25, 0.3) is 0 Å². The summed E-state index contributed by atoms with van der Waals surface area (Å²) in [4.78, 5) is 2.25. The highest BCUT2D eigenvalue weighted by molar-refractivity contribution is 9.10. The van der Waals surface area contributed by atoms with Gasteiger partial charge in [-0.25, -0.2) is 0 Å². The van der Waals surface area contributed by atoms with E-state index in [2.05, 4.69) is 33.0 Å². The fourth-order valence-electron chi connectivity index (χ4n) is 3.20. The summed E-state index contributed by atoms with van der Waals surface area (Å²) in [6.07, 6.45) is -0.495. The van der Waals surface area contributed by atoms with Gasteiger partial charge in [0.25, 0.3) is 0 Å². The van der Waals surface area contributed by atoms with Crippen LogP contribution in [-0.4, -0.2) is 49.0 Å². The first-order valence-electron chi connectivity index (χ1n) is 9.06. The molecule has 5 heteroatoms. The van der Waals surface area contributed by atoms with Crippen LogP contribution in [0, 0.1) is 0 Å². The van der Waals surface area contributed by atoms with Crippen molar-refractivity contribution < 1.29 is 14.6 Å². The molecular formula is C21H26BrNO3. The Hall–Kier alpha value is -1.24. The summed E-state index contributed by atoms with van der Waals surface area (Å²) in [7, 11) is 0. The number of benzene rings is 2. The van der Waals surface area contributed by atoms with Gasteiger partial charge in [-0.05, 0) is 30.2 Å². The molecule has 4 nitrogen and oxygen atoms in total. The molecule has 1 saturated heterocycles. The molecule has 1 heterocycles. The molecule has 1 aliphatic rings. The molecule has 26 heavy (non-hydrogen) atoms. The summed E-state index contributed by atoms with van der Waals surface area (Å²) in [5.74, 6) is 0. The molecule has 3 rings (SSSR count). The standard InChI is InChI=1S/C21H26BrNO3/c1-16(17-6-3-2-4-7-17)26-15-20(24)13-23-10-11-25-21(14-23)18-8-5-9-19(22)12-18/h2-9,12,16,20-21,24H,10-11,13-15H2,1H3. The van der Waals surface area contributed by atoms with Crippen LogP contribution in [0.15, 0.2) is 59.1 Å². The molecular weight excluding hydrogens is 394 g/mol. The average molecular weight is 420 g/mol. The van der Waals surface area contributed by atoms with Crippen LogP contribution in [0.1, 0.15) is 30.3 Å². The van der Waals surface area contributed by atoms with Crippen molar-refractivity contribution in [3.05, 3.63) is 70.2 Å². The zero-order valence-electron chi connectivity index (χ0n) is 15.1. The van der Waals surface area contributed by atoms with Crippen LogP contribution < -0.4 is 0 Å². The van der Waals surface area contributed by atoms with E-state index in [1.807, 2.05) is 49.4 Å². The van der Waals surface area contributed by atoms with Crippen molar-refractivity contribution in [2.75, 3.05) is 32.8 Å². The van der Waals surface area contributed by atoms with E-state index in [1.165, 1.54) is 0 Å². The third kappa shape index (κ3) is 5.63. The molecule has 0 saturated carbocycles. The molecule has 1 fully saturated rings. The SMILES string of the molecule is CC(OCC(O)CN1CCOC(c2cccc(Br)c2)C1)c1ccccc1. The smallest absolute Gasteiger partial charge is 0.0952 e. The lowest BCUT2D eigenvalue weighted by molar-refractivity contribution is -0.0593. The van der Waals surface area contributed by atoms with Crippen LogP contribution in [0.4, 0.5) is 0 Å². The van der Waals surface area contributed by atoms with E-state index in [-0.39, 0.29) is 12.2 Å². The minimum absolute atomic E-state index is 0.0232. The van der Waals surface area contributed by atoms with Crippen LogP contribution in [0.5, 0.6) is 0 Å². The fraction of sp³-hybridized carbons (Fsp3) is 0.429. The topological polar surface area (TPSA) is 41.9 Å². The monoisotopic (exact) mass is 419 g/mol. The second-order valence-electron chi connectivity index (χ2n) is 6.71. The highest BCUT2D eigenvalue weighted by Gasteiger charge is 2.24. The number of hydrogen-bond acceptors (Lipinski definition) is 4. The molecule has 2 aromatic carbocycles. The molecule has 0 spiro atoms. The number of ether oxygens (including phenoxy) is 2. The highest BCUT2D eigenvalue weighted by Crippen LogP contribution is 2.25. The van der Waals surface area contributed by atoms with E-state index in [0.29, 0.717) is 19.8 Å². The summed E-state index contributed by atoms with van der Waals surface area (Å²) in [6.45, 7) is 5.22. The number of aliphatic hydroxyl groups is 1. The summed E-state index contributed by atoms with van der Waals surface area (Å²) in [5.41, 5.74) is 2.29. The molecule has 0 amide bonds. The van der Waals surface area contributed by atoms with Crippen molar-refractivity contribution in [3.63, 3.8) is 0 Å². The van der Waals surface area contributed by atoms with E-state index in [0.717, 1.165) is 28.7 Å². The van der Waals surface area contributed by atoms with Gasteiger partial charge in [0.05, 0.1) is 31.5 Å². The normalized spacial score (nSPS) is 20.7. The predicted molar refractivity (Wildman–Crippen MR) is 106 cm³/mol. The van der Waals surface area contributed by atoms with Crippen molar-refractivity contribution in [1.29, 1.82) is 0 Å². The summed E-state index contributed by atoms with van der Waals surface area (Å²) in [5, 5.41) is 10.4. The second-order valence-corrected chi connectivity index (χ2v) is 7.63. The lowest BCUT2D eigenvalue weighted by Crippen LogP contribution is -2.43. The molecule has 1 aliphatic heterocycles. The van der Waals surface area contributed by atoms with Gasteiger partial charge in [0.1, 0.15) is 0 Å². The number of halogens is 1. The van der Waals surface area contributed by atoms with Gasteiger partial charge in [0.15, 0.2) is 0 Å². The Labute approximate surface area is 163 Å². The zero-order valence-corrected chi connectivity index (χ0v) is 16.6. The number of aliphatic hydroxyl groups excluding tert-OH is 1. The zero-order chi connectivity index (χ0) is 18.4. The quantitative estimate of drug-likeness (QED) is 0.737. The molecule has 0 bridgehead atoms. The van der Waals surface area contributed by atoms with Crippen molar-refractivity contribution >= 4 is 15.9 Å². The van der Waals surface area contributed by atoms with E-state index in [4.69, 9.17) is 9.47 Å². The molecule has 2 aromatic rings. The number of morpholine rings is 1. The molecule has 0 radical (unpaired) electrons. The van der Waals surface area contributed by atoms with Gasteiger partial charge >= 0.3 is 0 Å². The first-order chi connectivity index (χ1) is 12.6. The van der Waals surface area contributed by atoms with Gasteiger partial charge in [-0.15, -0.1) is 0 Å². The minimum atomic E-state index is -0.512. The first kappa shape index (κ1) is 19.5. The Morgan fingerprint density at radius 3 is 2.81 bits per heavy atom. The molecule has 1 N–H and O–H groups in total. The van der Waals surface area contributed by atoms with Crippen molar-refractivity contribution in [1.82, 2.24) is 4.90 Å². The maximum absolute atomic E-state index is 10.4. The molecule has 3 unspecified atom stereocenters. The molecule has 140 valence electrons.